The summed E-state index contributed by atoms with van der Waals surface area (Å²) in [7, 11) is 0. The van der Waals surface area contributed by atoms with Crippen LogP contribution in [0.4, 0.5) is 0 Å². The lowest BCUT2D eigenvalue weighted by Gasteiger charge is -2.43. The van der Waals surface area contributed by atoms with Crippen molar-refractivity contribution in [1.29, 1.82) is 0 Å². The van der Waals surface area contributed by atoms with E-state index in [4.69, 9.17) is 19.7 Å². The third kappa shape index (κ3) is 7.26. The number of aliphatic hydroxyl groups excluding tert-OH is 14. The molecule has 16 unspecified atom stereocenters. The third-order valence-corrected chi connectivity index (χ3v) is 6.02. The van der Waals surface area contributed by atoms with Gasteiger partial charge < -0.3 is 81.0 Å². The molecule has 0 aromatic rings. The molecule has 2 rings (SSSR count). The van der Waals surface area contributed by atoms with Gasteiger partial charge in [-0.2, -0.15) is 9.78 Å². The molecule has 2 aliphatic heterocycles. The minimum Gasteiger partial charge on any atom is -0.394 e. The van der Waals surface area contributed by atoms with Gasteiger partial charge in [-0.1, -0.05) is 5.04 Å². The summed E-state index contributed by atoms with van der Waals surface area (Å²) in [5.74, 6) is 0. The highest BCUT2D eigenvalue weighted by Crippen LogP contribution is 2.28. The van der Waals surface area contributed by atoms with Crippen molar-refractivity contribution in [2.45, 2.75) is 98.0 Å². The molecule has 2 heterocycles. The van der Waals surface area contributed by atoms with Crippen LogP contribution in [0, 0.1) is 0 Å². The monoisotopic (exact) mass is 554 g/mol. The maximum Gasteiger partial charge on any atom is 0.223 e. The zero-order valence-electron chi connectivity index (χ0n) is 19.0. The van der Waals surface area contributed by atoms with Crippen molar-refractivity contribution in [3.05, 3.63) is 0 Å². The predicted molar refractivity (Wildman–Crippen MR) is 107 cm³/mol. The minimum absolute atomic E-state index is 0.987. The average molecular weight is 554 g/mol. The predicted octanol–water partition coefficient (Wildman–Crippen LogP) is -9.37. The van der Waals surface area contributed by atoms with Crippen molar-refractivity contribution in [1.82, 2.24) is 0 Å². The van der Waals surface area contributed by atoms with Gasteiger partial charge in [0.15, 0.2) is 0 Å². The lowest BCUT2D eigenvalue weighted by atomic mass is 9.91. The van der Waals surface area contributed by atoms with E-state index in [1.54, 1.807) is 0 Å². The summed E-state index contributed by atoms with van der Waals surface area (Å²) in [6.07, 6.45) is -32.5. The summed E-state index contributed by atoms with van der Waals surface area (Å²) in [5.41, 5.74) is 0. The second kappa shape index (κ2) is 14.0. The Morgan fingerprint density at radius 3 is 1.14 bits per heavy atom. The Hall–Kier alpha value is -0.760. The van der Waals surface area contributed by atoms with Gasteiger partial charge in [0.2, 0.25) is 12.6 Å². The van der Waals surface area contributed by atoms with Gasteiger partial charge in [0.05, 0.1) is 13.2 Å². The molecular formula is C18H34O19. The number of aliphatic hydroxyl groups is 14. The van der Waals surface area contributed by atoms with E-state index in [-0.39, 0.29) is 0 Å². The smallest absolute Gasteiger partial charge is 0.223 e. The Kier molecular flexibility index (Phi) is 12.3. The van der Waals surface area contributed by atoms with Gasteiger partial charge in [-0.15, -0.1) is 0 Å². The van der Waals surface area contributed by atoms with E-state index in [2.05, 4.69) is 14.8 Å². The fraction of sp³-hybridized carbons (Fsp3) is 1.00. The molecule has 0 aliphatic carbocycles. The van der Waals surface area contributed by atoms with Gasteiger partial charge >= 0.3 is 0 Å². The molecule has 2 aliphatic rings. The summed E-state index contributed by atoms with van der Waals surface area (Å²) in [6, 6.07) is 0. The summed E-state index contributed by atoms with van der Waals surface area (Å²) in [5, 5.41) is 141. The van der Waals surface area contributed by atoms with Crippen LogP contribution in [0.3, 0.4) is 0 Å². The Morgan fingerprint density at radius 2 is 0.838 bits per heavy atom. The van der Waals surface area contributed by atoms with Crippen LogP contribution in [0.1, 0.15) is 0 Å². The van der Waals surface area contributed by atoms with Crippen LogP contribution >= 0.6 is 0 Å². The molecule has 0 spiro atoms. The highest BCUT2D eigenvalue weighted by atomic mass is 17.5. The average Bonchev–Trinajstić information content (AvgIpc) is 2.90. The van der Waals surface area contributed by atoms with Gasteiger partial charge in [-0.25, -0.2) is 0 Å². The van der Waals surface area contributed by atoms with Crippen molar-refractivity contribution >= 4 is 0 Å². The van der Waals surface area contributed by atoms with Crippen molar-refractivity contribution in [2.75, 3.05) is 13.2 Å². The minimum atomic E-state index is -2.13. The summed E-state index contributed by atoms with van der Waals surface area (Å²) in [6.45, 7) is -1.97. The van der Waals surface area contributed by atoms with Crippen molar-refractivity contribution in [3.8, 4) is 0 Å². The molecule has 0 saturated carbocycles. The molecule has 0 amide bonds. The number of hydrogen-bond donors (Lipinski definition) is 14. The SMILES string of the molecule is OCC(O)C(O)C(O)C1OC(OOOC2OC(C(O)C(O)C(O)CO)C(O)C(O)C2O)C(O)C(O)C1O. The van der Waals surface area contributed by atoms with Gasteiger partial charge in [-0.05, 0) is 0 Å². The normalized spacial score (nSPS) is 42.0. The van der Waals surface area contributed by atoms with Gasteiger partial charge in [0.25, 0.3) is 0 Å². The quantitative estimate of drug-likeness (QED) is 0.0786. The fourth-order valence-electron chi connectivity index (χ4n) is 3.63. The summed E-state index contributed by atoms with van der Waals surface area (Å²) >= 11 is 0. The molecule has 0 aromatic carbocycles. The molecule has 37 heavy (non-hydrogen) atoms. The highest BCUT2D eigenvalue weighted by molar-refractivity contribution is 4.96. The summed E-state index contributed by atoms with van der Waals surface area (Å²) < 4.78 is 10.1. The van der Waals surface area contributed by atoms with E-state index < -0.39 is 111 Å². The Balaban J connectivity index is 2.04. The zero-order chi connectivity index (χ0) is 28.2. The highest BCUT2D eigenvalue weighted by Gasteiger charge is 2.52. The molecule has 2 saturated heterocycles. The van der Waals surface area contributed by atoms with Gasteiger partial charge in [0, 0.05) is 0 Å². The Labute approximate surface area is 207 Å². The third-order valence-electron chi connectivity index (χ3n) is 6.02. The lowest BCUT2D eigenvalue weighted by molar-refractivity contribution is -0.596. The van der Waals surface area contributed by atoms with E-state index >= 15 is 0 Å². The zero-order valence-corrected chi connectivity index (χ0v) is 19.0. The first-order valence-corrected chi connectivity index (χ1v) is 11.0. The molecule has 2 fully saturated rings. The number of hydrogen-bond acceptors (Lipinski definition) is 19. The van der Waals surface area contributed by atoms with Gasteiger partial charge in [0.1, 0.15) is 85.5 Å². The van der Waals surface area contributed by atoms with E-state index in [1.807, 2.05) is 0 Å². The first kappa shape index (κ1) is 32.5. The first-order valence-electron chi connectivity index (χ1n) is 11.0. The standard InChI is InChI=1S/C18H34O19/c19-1-3(21)5(23)9(27)15-11(29)7(25)13(31)17(33-15)35-37-36-18-14(32)8(26)12(30)16(34-18)10(28)6(24)4(22)2-20/h3-32H,1-2H2. The second-order valence-electron chi connectivity index (χ2n) is 8.60. The summed E-state index contributed by atoms with van der Waals surface area (Å²) in [4.78, 5) is 9.17. The first-order chi connectivity index (χ1) is 17.3. The van der Waals surface area contributed by atoms with Crippen LogP contribution in [0.5, 0.6) is 0 Å². The molecule has 0 radical (unpaired) electrons. The molecule has 19 heteroatoms. The maximum absolute atomic E-state index is 10.1. The van der Waals surface area contributed by atoms with E-state index in [9.17, 15) is 61.3 Å². The maximum atomic E-state index is 10.1. The van der Waals surface area contributed by atoms with E-state index in [0.29, 0.717) is 0 Å². The van der Waals surface area contributed by atoms with Crippen LogP contribution in [0.2, 0.25) is 0 Å². The number of rotatable bonds is 12. The van der Waals surface area contributed by atoms with Crippen molar-refractivity contribution in [3.63, 3.8) is 0 Å². The van der Waals surface area contributed by atoms with Crippen LogP contribution in [0.15, 0.2) is 0 Å². The topological polar surface area (TPSA) is 329 Å². The Morgan fingerprint density at radius 1 is 0.514 bits per heavy atom. The molecule has 19 nitrogen and oxygen atoms in total. The van der Waals surface area contributed by atoms with E-state index in [0.717, 1.165) is 0 Å². The van der Waals surface area contributed by atoms with E-state index in [1.165, 1.54) is 0 Å². The van der Waals surface area contributed by atoms with Crippen LogP contribution < -0.4 is 0 Å². The molecule has 220 valence electrons. The number of ether oxygens (including phenoxy) is 2. The van der Waals surface area contributed by atoms with Crippen LogP contribution in [0.25, 0.3) is 0 Å². The fourth-order valence-corrected chi connectivity index (χ4v) is 3.63. The van der Waals surface area contributed by atoms with Crippen molar-refractivity contribution in [2.24, 2.45) is 0 Å². The Bertz CT molecular complexity index is 619. The van der Waals surface area contributed by atoms with Gasteiger partial charge in [-0.3, -0.25) is 0 Å². The van der Waals surface area contributed by atoms with Crippen molar-refractivity contribution < 1.29 is 95.8 Å². The van der Waals surface area contributed by atoms with Crippen LogP contribution in [-0.2, 0) is 24.3 Å². The lowest BCUT2D eigenvalue weighted by Crippen LogP contribution is -2.64. The largest absolute Gasteiger partial charge is 0.394 e. The molecular weight excluding hydrogens is 520 g/mol. The molecule has 0 aromatic heterocycles. The molecule has 0 bridgehead atoms. The molecule has 16 atom stereocenters. The second-order valence-corrected chi connectivity index (χ2v) is 8.60. The van der Waals surface area contributed by atoms with Crippen LogP contribution in [-0.4, -0.2) is 183 Å². The molecule has 14 N–H and O–H groups in total.